The smallest absolute Gasteiger partial charge is 0.315 e. The Balaban J connectivity index is 2.38. The van der Waals surface area contributed by atoms with Crippen LogP contribution < -0.4 is 10.6 Å². The molecule has 0 aromatic heterocycles. The lowest BCUT2D eigenvalue weighted by atomic mass is 10.1. The minimum Gasteiger partial charge on any atom is -0.387 e. The zero-order valence-electron chi connectivity index (χ0n) is 11.7. The quantitative estimate of drug-likeness (QED) is 0.725. The Morgan fingerprint density at radius 1 is 1.40 bits per heavy atom. The Morgan fingerprint density at radius 2 is 2.05 bits per heavy atom. The van der Waals surface area contributed by atoms with Crippen molar-refractivity contribution in [3.63, 3.8) is 0 Å². The third kappa shape index (κ3) is 6.03. The van der Waals surface area contributed by atoms with Crippen LogP contribution in [0, 0.1) is 0 Å². The molecular weight excluding hydrogens is 296 g/mol. The standard InChI is InChI=1S/C14H21ClN2O2S/c1-3-12(9-20-2)17-14(19)16-8-13(18)10-4-6-11(15)7-5-10/h4-7,12-13,18H,3,8-9H2,1-2H3,(H2,16,17,19). The van der Waals surface area contributed by atoms with Gasteiger partial charge in [-0.3, -0.25) is 0 Å². The van der Waals surface area contributed by atoms with Crippen LogP contribution in [0.1, 0.15) is 25.0 Å². The number of benzene rings is 1. The lowest BCUT2D eigenvalue weighted by Gasteiger charge is -2.18. The molecule has 1 rings (SSSR count). The Bertz CT molecular complexity index is 414. The summed E-state index contributed by atoms with van der Waals surface area (Å²) in [4.78, 5) is 11.7. The highest BCUT2D eigenvalue weighted by atomic mass is 35.5. The number of amides is 2. The second kappa shape index (κ2) is 9.10. The van der Waals surface area contributed by atoms with Gasteiger partial charge in [-0.05, 0) is 30.4 Å². The van der Waals surface area contributed by atoms with Crippen molar-refractivity contribution in [3.05, 3.63) is 34.9 Å². The Morgan fingerprint density at radius 3 is 2.60 bits per heavy atom. The van der Waals surface area contributed by atoms with Crippen LogP contribution in [0.25, 0.3) is 0 Å². The minimum atomic E-state index is -0.737. The van der Waals surface area contributed by atoms with Gasteiger partial charge in [0.05, 0.1) is 6.10 Å². The van der Waals surface area contributed by atoms with E-state index in [1.807, 2.05) is 13.2 Å². The molecule has 0 aliphatic heterocycles. The van der Waals surface area contributed by atoms with E-state index < -0.39 is 6.10 Å². The van der Waals surface area contributed by atoms with Crippen molar-refractivity contribution in [1.29, 1.82) is 0 Å². The average molecular weight is 317 g/mol. The summed E-state index contributed by atoms with van der Waals surface area (Å²) in [6.45, 7) is 2.20. The minimum absolute atomic E-state index is 0.151. The average Bonchev–Trinajstić information content (AvgIpc) is 2.45. The first kappa shape index (κ1) is 17.1. The first-order valence-electron chi connectivity index (χ1n) is 6.53. The molecule has 2 amide bonds. The Labute approximate surface area is 129 Å². The predicted octanol–water partition coefficient (Wildman–Crippen LogP) is 2.81. The maximum Gasteiger partial charge on any atom is 0.315 e. The first-order chi connectivity index (χ1) is 9.56. The number of aliphatic hydroxyl groups excluding tert-OH is 1. The topological polar surface area (TPSA) is 61.4 Å². The highest BCUT2D eigenvalue weighted by Crippen LogP contribution is 2.15. The Hall–Kier alpha value is -0.910. The summed E-state index contributed by atoms with van der Waals surface area (Å²) in [7, 11) is 0. The van der Waals surface area contributed by atoms with E-state index in [2.05, 4.69) is 10.6 Å². The molecule has 1 aromatic rings. The van der Waals surface area contributed by atoms with Gasteiger partial charge in [0.2, 0.25) is 0 Å². The number of hydrogen-bond donors (Lipinski definition) is 3. The molecule has 4 nitrogen and oxygen atoms in total. The van der Waals surface area contributed by atoms with Crippen LogP contribution in [0.2, 0.25) is 5.02 Å². The van der Waals surface area contributed by atoms with Gasteiger partial charge in [0.25, 0.3) is 0 Å². The van der Waals surface area contributed by atoms with Crippen LogP contribution in [0.15, 0.2) is 24.3 Å². The number of thioether (sulfide) groups is 1. The fraction of sp³-hybridized carbons (Fsp3) is 0.500. The third-order valence-corrected chi connectivity index (χ3v) is 3.89. The largest absolute Gasteiger partial charge is 0.387 e. The summed E-state index contributed by atoms with van der Waals surface area (Å²) >= 11 is 7.48. The number of carbonyl (C=O) groups is 1. The molecule has 112 valence electrons. The van der Waals surface area contributed by atoms with Gasteiger partial charge in [0, 0.05) is 23.4 Å². The van der Waals surface area contributed by atoms with Crippen molar-refractivity contribution in [1.82, 2.24) is 10.6 Å². The van der Waals surface area contributed by atoms with Crippen LogP contribution in [0.3, 0.4) is 0 Å². The van der Waals surface area contributed by atoms with Crippen molar-refractivity contribution >= 4 is 29.4 Å². The van der Waals surface area contributed by atoms with Crippen LogP contribution in [-0.2, 0) is 0 Å². The maximum atomic E-state index is 11.7. The Kier molecular flexibility index (Phi) is 7.80. The summed E-state index contributed by atoms with van der Waals surface area (Å²) in [6.07, 6.45) is 2.15. The molecule has 0 aliphatic carbocycles. The fourth-order valence-corrected chi connectivity index (χ4v) is 2.54. The van der Waals surface area contributed by atoms with E-state index in [1.165, 1.54) is 0 Å². The van der Waals surface area contributed by atoms with Gasteiger partial charge in [-0.15, -0.1) is 0 Å². The van der Waals surface area contributed by atoms with E-state index in [-0.39, 0.29) is 18.6 Å². The number of rotatable bonds is 7. The second-order valence-corrected chi connectivity index (χ2v) is 5.83. The monoisotopic (exact) mass is 316 g/mol. The molecule has 0 aliphatic rings. The van der Waals surface area contributed by atoms with Crippen molar-refractivity contribution in [2.24, 2.45) is 0 Å². The summed E-state index contributed by atoms with van der Waals surface area (Å²) in [5.41, 5.74) is 0.728. The molecule has 1 aromatic carbocycles. The molecular formula is C14H21ClN2O2S. The van der Waals surface area contributed by atoms with Crippen molar-refractivity contribution < 1.29 is 9.90 Å². The van der Waals surface area contributed by atoms with Gasteiger partial charge in [-0.2, -0.15) is 11.8 Å². The molecule has 0 saturated carbocycles. The normalized spacial score (nSPS) is 13.6. The molecule has 0 bridgehead atoms. The highest BCUT2D eigenvalue weighted by molar-refractivity contribution is 7.98. The van der Waals surface area contributed by atoms with Gasteiger partial charge in [-0.25, -0.2) is 4.79 Å². The van der Waals surface area contributed by atoms with Crippen molar-refractivity contribution in [2.45, 2.75) is 25.5 Å². The fourth-order valence-electron chi connectivity index (χ4n) is 1.69. The zero-order chi connectivity index (χ0) is 15.0. The molecule has 6 heteroatoms. The van der Waals surface area contributed by atoms with Gasteiger partial charge in [0.1, 0.15) is 0 Å². The lowest BCUT2D eigenvalue weighted by molar-refractivity contribution is 0.172. The van der Waals surface area contributed by atoms with Crippen LogP contribution >= 0.6 is 23.4 Å². The number of aliphatic hydroxyl groups is 1. The molecule has 0 saturated heterocycles. The number of halogens is 1. The van der Waals surface area contributed by atoms with Crippen molar-refractivity contribution in [3.8, 4) is 0 Å². The summed E-state index contributed by atoms with van der Waals surface area (Å²) in [5.74, 6) is 0.879. The summed E-state index contributed by atoms with van der Waals surface area (Å²) in [6, 6.07) is 6.82. The number of hydrogen-bond acceptors (Lipinski definition) is 3. The molecule has 0 fully saturated rings. The van der Waals surface area contributed by atoms with Gasteiger partial charge >= 0.3 is 6.03 Å². The first-order valence-corrected chi connectivity index (χ1v) is 8.30. The lowest BCUT2D eigenvalue weighted by Crippen LogP contribution is -2.44. The van der Waals surface area contributed by atoms with E-state index in [0.29, 0.717) is 5.02 Å². The zero-order valence-corrected chi connectivity index (χ0v) is 13.3. The van der Waals surface area contributed by atoms with E-state index in [0.717, 1.165) is 17.7 Å². The third-order valence-electron chi connectivity index (χ3n) is 2.91. The molecule has 2 atom stereocenters. The van der Waals surface area contributed by atoms with Crippen LogP contribution in [0.5, 0.6) is 0 Å². The summed E-state index contributed by atoms with van der Waals surface area (Å²) in [5, 5.41) is 16.1. The van der Waals surface area contributed by atoms with Gasteiger partial charge < -0.3 is 15.7 Å². The molecule has 0 radical (unpaired) electrons. The van der Waals surface area contributed by atoms with E-state index in [9.17, 15) is 9.90 Å². The molecule has 2 unspecified atom stereocenters. The van der Waals surface area contributed by atoms with E-state index in [4.69, 9.17) is 11.6 Å². The van der Waals surface area contributed by atoms with E-state index in [1.54, 1.807) is 36.0 Å². The molecule has 20 heavy (non-hydrogen) atoms. The maximum absolute atomic E-state index is 11.7. The predicted molar refractivity (Wildman–Crippen MR) is 85.4 cm³/mol. The van der Waals surface area contributed by atoms with Crippen LogP contribution in [-0.4, -0.2) is 35.7 Å². The molecule has 0 spiro atoms. The SMILES string of the molecule is CCC(CSC)NC(=O)NCC(O)c1ccc(Cl)cc1. The molecule has 3 N–H and O–H groups in total. The number of carbonyl (C=O) groups excluding carboxylic acids is 1. The van der Waals surface area contributed by atoms with Gasteiger partial charge in [0.15, 0.2) is 0 Å². The summed E-state index contributed by atoms with van der Waals surface area (Å²) < 4.78 is 0. The highest BCUT2D eigenvalue weighted by Gasteiger charge is 2.12. The second-order valence-electron chi connectivity index (χ2n) is 4.48. The van der Waals surface area contributed by atoms with E-state index >= 15 is 0 Å². The number of urea groups is 1. The molecule has 0 heterocycles. The number of nitrogens with one attached hydrogen (secondary N) is 2. The van der Waals surface area contributed by atoms with Crippen molar-refractivity contribution in [2.75, 3.05) is 18.6 Å². The van der Waals surface area contributed by atoms with Gasteiger partial charge in [-0.1, -0.05) is 30.7 Å². The van der Waals surface area contributed by atoms with Crippen LogP contribution in [0.4, 0.5) is 4.79 Å².